The quantitative estimate of drug-likeness (QED) is 0.381. The Morgan fingerprint density at radius 1 is 1.05 bits per heavy atom. The second-order valence-electron chi connectivity index (χ2n) is 9.85. The maximum absolute atomic E-state index is 12.8. The van der Waals surface area contributed by atoms with Crippen molar-refractivity contribution in [3.05, 3.63) is 58.1 Å². The zero-order valence-electron chi connectivity index (χ0n) is 22.6. The minimum Gasteiger partial charge on any atom is -0.406 e. The number of anilines is 1. The van der Waals surface area contributed by atoms with E-state index in [4.69, 9.17) is 0 Å². The van der Waals surface area contributed by atoms with Gasteiger partial charge in [-0.25, -0.2) is 9.78 Å². The molecule has 0 N–H and O–H groups in total. The number of aryl methyl sites for hydroxylation is 1. The van der Waals surface area contributed by atoms with Gasteiger partial charge < -0.3 is 9.64 Å². The Bertz CT molecular complexity index is 1400. The highest BCUT2D eigenvalue weighted by atomic mass is 19.4. The van der Waals surface area contributed by atoms with Crippen molar-refractivity contribution in [3.8, 4) is 11.8 Å². The van der Waals surface area contributed by atoms with Gasteiger partial charge in [-0.3, -0.25) is 9.47 Å². The Morgan fingerprint density at radius 2 is 1.74 bits per heavy atom. The number of nitriles is 1. The Kier molecular flexibility index (Phi) is 8.45. The van der Waals surface area contributed by atoms with Crippen molar-refractivity contribution >= 4 is 16.9 Å². The highest BCUT2D eigenvalue weighted by Crippen LogP contribution is 2.36. The van der Waals surface area contributed by atoms with Gasteiger partial charge in [-0.05, 0) is 49.1 Å². The van der Waals surface area contributed by atoms with Crippen LogP contribution >= 0.6 is 0 Å². The topological polar surface area (TPSA) is 87.3 Å². The zero-order chi connectivity index (χ0) is 28.3. The molecule has 3 heterocycles. The van der Waals surface area contributed by atoms with Gasteiger partial charge in [0.2, 0.25) is 0 Å². The first-order chi connectivity index (χ1) is 18.6. The molecule has 0 spiro atoms. The Labute approximate surface area is 225 Å². The first-order valence-corrected chi connectivity index (χ1v) is 13.3. The summed E-state index contributed by atoms with van der Waals surface area (Å²) < 4.78 is 43.5. The second-order valence-corrected chi connectivity index (χ2v) is 9.85. The summed E-state index contributed by atoms with van der Waals surface area (Å²) in [5.41, 5.74) is 1.93. The SMILES string of the molecule is CCC[C@@H](c1ccc(OC(F)(F)F)cc1)N1C[C@H](CC)N(c2nc(=O)n(C)c3ccc(C#N)nc23)C[C@H]1CC. The molecule has 3 aromatic rings. The number of rotatable bonds is 8. The molecule has 1 aliphatic rings. The average molecular weight is 543 g/mol. The van der Waals surface area contributed by atoms with Gasteiger partial charge in [0.1, 0.15) is 23.0 Å². The van der Waals surface area contributed by atoms with Gasteiger partial charge in [0.15, 0.2) is 5.82 Å². The second kappa shape index (κ2) is 11.6. The van der Waals surface area contributed by atoms with E-state index in [0.717, 1.165) is 31.2 Å². The zero-order valence-corrected chi connectivity index (χ0v) is 22.6. The van der Waals surface area contributed by atoms with Gasteiger partial charge in [0, 0.05) is 38.3 Å². The fraction of sp³-hybridized carbons (Fsp3) is 0.500. The molecule has 8 nitrogen and oxygen atoms in total. The molecule has 3 atom stereocenters. The minimum absolute atomic E-state index is 0.00718. The number of pyridine rings is 1. The van der Waals surface area contributed by atoms with Gasteiger partial charge in [-0.2, -0.15) is 10.2 Å². The normalized spacial score (nSPS) is 19.2. The number of halogens is 3. The van der Waals surface area contributed by atoms with Crippen molar-refractivity contribution in [2.24, 2.45) is 7.05 Å². The summed E-state index contributed by atoms with van der Waals surface area (Å²) in [4.78, 5) is 26.3. The van der Waals surface area contributed by atoms with Gasteiger partial charge in [0.25, 0.3) is 0 Å². The van der Waals surface area contributed by atoms with E-state index in [1.165, 1.54) is 16.7 Å². The molecular formula is C28H33F3N6O2. The molecule has 1 saturated heterocycles. The Hall–Kier alpha value is -3.65. The van der Waals surface area contributed by atoms with E-state index < -0.39 is 6.36 Å². The molecule has 0 bridgehead atoms. The van der Waals surface area contributed by atoms with Crippen molar-refractivity contribution < 1.29 is 17.9 Å². The predicted molar refractivity (Wildman–Crippen MR) is 142 cm³/mol. The van der Waals surface area contributed by atoms with Crippen LogP contribution in [0.4, 0.5) is 19.0 Å². The third kappa shape index (κ3) is 6.01. The number of hydrogen-bond donors (Lipinski definition) is 0. The summed E-state index contributed by atoms with van der Waals surface area (Å²) in [6.07, 6.45) is -1.39. The molecule has 4 rings (SSSR count). The summed E-state index contributed by atoms with van der Waals surface area (Å²) >= 11 is 0. The molecule has 208 valence electrons. The van der Waals surface area contributed by atoms with Crippen LogP contribution in [0.2, 0.25) is 0 Å². The third-order valence-corrected chi connectivity index (χ3v) is 7.46. The van der Waals surface area contributed by atoms with Crippen molar-refractivity contribution in [3.63, 3.8) is 0 Å². The standard InChI is InChI=1S/C28H33F3N6O2/c1-5-8-23(18-9-12-22(13-10-18)39-28(29,30)31)36-16-21(7-3)37(17-20(36)6-2)26-25-24(35(4)27(38)34-26)14-11-19(15-32)33-25/h9-14,20-21,23H,5-8,16-17H2,1-4H3/t20-,21+,23+/m1/s1. The molecular weight excluding hydrogens is 509 g/mol. The molecule has 0 radical (unpaired) electrons. The van der Waals surface area contributed by atoms with Crippen molar-refractivity contribution in [2.75, 3.05) is 18.0 Å². The maximum Gasteiger partial charge on any atom is 0.573 e. The number of ether oxygens (including phenoxy) is 1. The fourth-order valence-corrected chi connectivity index (χ4v) is 5.49. The highest BCUT2D eigenvalue weighted by molar-refractivity contribution is 5.86. The number of nitrogens with zero attached hydrogens (tertiary/aromatic N) is 6. The van der Waals surface area contributed by atoms with Gasteiger partial charge in [-0.1, -0.05) is 39.3 Å². The van der Waals surface area contributed by atoms with Gasteiger partial charge >= 0.3 is 12.1 Å². The van der Waals surface area contributed by atoms with E-state index in [1.807, 2.05) is 0 Å². The maximum atomic E-state index is 12.8. The van der Waals surface area contributed by atoms with E-state index in [2.05, 4.69) is 51.3 Å². The summed E-state index contributed by atoms with van der Waals surface area (Å²) in [6, 6.07) is 11.7. The summed E-state index contributed by atoms with van der Waals surface area (Å²) in [7, 11) is 1.64. The molecule has 0 saturated carbocycles. The molecule has 2 aromatic heterocycles. The van der Waals surface area contributed by atoms with Crippen molar-refractivity contribution in [1.29, 1.82) is 5.26 Å². The van der Waals surface area contributed by atoms with Crippen molar-refractivity contribution in [2.45, 2.75) is 70.9 Å². The fourth-order valence-electron chi connectivity index (χ4n) is 5.49. The van der Waals surface area contributed by atoms with E-state index in [-0.39, 0.29) is 35.3 Å². The van der Waals surface area contributed by atoms with Crippen LogP contribution in [0.1, 0.15) is 63.8 Å². The van der Waals surface area contributed by atoms with Crippen LogP contribution in [-0.4, -0.2) is 51.0 Å². The summed E-state index contributed by atoms with van der Waals surface area (Å²) in [5, 5.41) is 9.44. The van der Waals surface area contributed by atoms with Crippen LogP contribution in [0.3, 0.4) is 0 Å². The Morgan fingerprint density at radius 3 is 2.33 bits per heavy atom. The summed E-state index contributed by atoms with van der Waals surface area (Å²) in [5.74, 6) is 0.244. The third-order valence-electron chi connectivity index (χ3n) is 7.46. The molecule has 11 heteroatoms. The summed E-state index contributed by atoms with van der Waals surface area (Å²) in [6.45, 7) is 7.55. The molecule has 39 heavy (non-hydrogen) atoms. The lowest BCUT2D eigenvalue weighted by molar-refractivity contribution is -0.274. The van der Waals surface area contributed by atoms with Gasteiger partial charge in [-0.15, -0.1) is 13.2 Å². The molecule has 0 amide bonds. The van der Waals surface area contributed by atoms with Crippen LogP contribution in [0.25, 0.3) is 11.0 Å². The molecule has 1 aliphatic heterocycles. The lowest BCUT2D eigenvalue weighted by Gasteiger charge is -2.50. The minimum atomic E-state index is -4.73. The van der Waals surface area contributed by atoms with Crippen molar-refractivity contribution in [1.82, 2.24) is 19.4 Å². The van der Waals surface area contributed by atoms with Crippen LogP contribution < -0.4 is 15.3 Å². The van der Waals surface area contributed by atoms with E-state index in [0.29, 0.717) is 29.9 Å². The number of hydrogen-bond acceptors (Lipinski definition) is 7. The van der Waals surface area contributed by atoms with E-state index in [9.17, 15) is 23.2 Å². The molecule has 1 aromatic carbocycles. The number of benzene rings is 1. The number of piperazine rings is 1. The average Bonchev–Trinajstić information content (AvgIpc) is 2.92. The van der Waals surface area contributed by atoms with Crippen LogP contribution in [0.15, 0.2) is 41.2 Å². The molecule has 0 unspecified atom stereocenters. The van der Waals surface area contributed by atoms with Gasteiger partial charge in [0.05, 0.1) is 5.52 Å². The smallest absolute Gasteiger partial charge is 0.406 e. The van der Waals surface area contributed by atoms with E-state index >= 15 is 0 Å². The van der Waals surface area contributed by atoms with Crippen LogP contribution in [0, 0.1) is 11.3 Å². The number of alkyl halides is 3. The van der Waals surface area contributed by atoms with E-state index in [1.54, 1.807) is 31.3 Å². The highest BCUT2D eigenvalue weighted by Gasteiger charge is 2.38. The Balaban J connectivity index is 1.71. The molecule has 0 aliphatic carbocycles. The largest absolute Gasteiger partial charge is 0.573 e. The van der Waals surface area contributed by atoms with Crippen LogP contribution in [-0.2, 0) is 7.05 Å². The number of aromatic nitrogens is 3. The monoisotopic (exact) mass is 542 g/mol. The molecule has 1 fully saturated rings. The first kappa shape index (κ1) is 28.4. The lowest BCUT2D eigenvalue weighted by atomic mass is 9.93. The number of fused-ring (bicyclic) bond motifs is 1. The first-order valence-electron chi connectivity index (χ1n) is 13.3. The lowest BCUT2D eigenvalue weighted by Crippen LogP contribution is -2.59. The van der Waals surface area contributed by atoms with Crippen LogP contribution in [0.5, 0.6) is 5.75 Å². The predicted octanol–water partition coefficient (Wildman–Crippen LogP) is 5.32.